The molecule has 3 rings (SSSR count). The molecule has 0 radical (unpaired) electrons. The molecule has 1 heterocycles. The smallest absolute Gasteiger partial charge is 0.247 e. The summed E-state index contributed by atoms with van der Waals surface area (Å²) < 4.78 is 5.75. The Kier molecular flexibility index (Phi) is 4.30. The second-order valence-corrected chi connectivity index (χ2v) is 5.84. The van der Waals surface area contributed by atoms with E-state index in [4.69, 9.17) is 9.68 Å². The maximum atomic E-state index is 8.84. The number of anilines is 1. The molecular weight excluding hydrogens is 300 g/mol. The van der Waals surface area contributed by atoms with Gasteiger partial charge in [-0.2, -0.15) is 5.26 Å². The first-order chi connectivity index (χ1) is 11.6. The molecule has 3 aromatic rings. The lowest BCUT2D eigenvalue weighted by Gasteiger charge is -2.19. The number of benzene rings is 2. The molecule has 5 nitrogen and oxygen atoms in total. The van der Waals surface area contributed by atoms with E-state index in [0.29, 0.717) is 23.9 Å². The van der Waals surface area contributed by atoms with Gasteiger partial charge in [-0.05, 0) is 49.7 Å². The third kappa shape index (κ3) is 3.28. The van der Waals surface area contributed by atoms with Crippen LogP contribution < -0.4 is 4.90 Å². The highest BCUT2D eigenvalue weighted by molar-refractivity contribution is 5.55. The van der Waals surface area contributed by atoms with E-state index in [0.717, 1.165) is 11.3 Å². The van der Waals surface area contributed by atoms with Gasteiger partial charge in [-0.1, -0.05) is 17.7 Å². The molecule has 120 valence electrons. The van der Waals surface area contributed by atoms with Crippen molar-refractivity contribution in [2.24, 2.45) is 0 Å². The zero-order chi connectivity index (χ0) is 17.1. The maximum absolute atomic E-state index is 8.84. The first kappa shape index (κ1) is 15.8. The van der Waals surface area contributed by atoms with Gasteiger partial charge in [-0.15, -0.1) is 10.2 Å². The lowest BCUT2D eigenvalue weighted by atomic mass is 10.1. The predicted molar refractivity (Wildman–Crippen MR) is 92.5 cm³/mol. The van der Waals surface area contributed by atoms with Gasteiger partial charge in [0, 0.05) is 18.3 Å². The van der Waals surface area contributed by atoms with Crippen LogP contribution in [0.1, 0.15) is 22.6 Å². The fraction of sp³-hybridized carbons (Fsp3) is 0.211. The van der Waals surface area contributed by atoms with Gasteiger partial charge in [0.05, 0.1) is 18.2 Å². The largest absolute Gasteiger partial charge is 0.419 e. The fourth-order valence-corrected chi connectivity index (χ4v) is 2.64. The molecular formula is C19H18N4O. The molecule has 0 fully saturated rings. The number of aryl methyl sites for hydroxylation is 2. The van der Waals surface area contributed by atoms with Crippen LogP contribution in [0.2, 0.25) is 0 Å². The SMILES string of the molecule is Cc1ccc(N(C)Cc2nnc(-c3ccc(C#N)cc3)o2)c(C)c1. The molecule has 0 aliphatic carbocycles. The number of nitriles is 1. The summed E-state index contributed by atoms with van der Waals surface area (Å²) >= 11 is 0. The Morgan fingerprint density at radius 3 is 2.50 bits per heavy atom. The Morgan fingerprint density at radius 2 is 1.83 bits per heavy atom. The predicted octanol–water partition coefficient (Wildman–Crippen LogP) is 3.86. The summed E-state index contributed by atoms with van der Waals surface area (Å²) in [5, 5.41) is 17.1. The van der Waals surface area contributed by atoms with E-state index in [-0.39, 0.29) is 0 Å². The number of nitrogens with zero attached hydrogens (tertiary/aromatic N) is 4. The third-order valence-corrected chi connectivity index (χ3v) is 3.86. The number of hydrogen-bond acceptors (Lipinski definition) is 5. The highest BCUT2D eigenvalue weighted by Gasteiger charge is 2.12. The second kappa shape index (κ2) is 6.55. The molecule has 0 unspecified atom stereocenters. The van der Waals surface area contributed by atoms with E-state index in [1.165, 1.54) is 11.1 Å². The van der Waals surface area contributed by atoms with Crippen LogP contribution in [-0.4, -0.2) is 17.2 Å². The minimum atomic E-state index is 0.462. The first-order valence-corrected chi connectivity index (χ1v) is 7.68. The summed E-state index contributed by atoms with van der Waals surface area (Å²) in [5.41, 5.74) is 5.00. The van der Waals surface area contributed by atoms with Crippen LogP contribution in [0, 0.1) is 25.2 Å². The zero-order valence-electron chi connectivity index (χ0n) is 13.9. The van der Waals surface area contributed by atoms with Crippen LogP contribution >= 0.6 is 0 Å². The van der Waals surface area contributed by atoms with Gasteiger partial charge in [0.1, 0.15) is 0 Å². The van der Waals surface area contributed by atoms with E-state index < -0.39 is 0 Å². The summed E-state index contributed by atoms with van der Waals surface area (Å²) in [5.74, 6) is 1.01. The summed E-state index contributed by atoms with van der Waals surface area (Å²) in [4.78, 5) is 2.09. The molecule has 0 aliphatic heterocycles. The van der Waals surface area contributed by atoms with Crippen molar-refractivity contribution in [3.8, 4) is 17.5 Å². The minimum absolute atomic E-state index is 0.462. The molecule has 0 atom stereocenters. The molecule has 0 saturated carbocycles. The van der Waals surface area contributed by atoms with Gasteiger partial charge in [-0.25, -0.2) is 0 Å². The first-order valence-electron chi connectivity index (χ1n) is 7.68. The van der Waals surface area contributed by atoms with Gasteiger partial charge < -0.3 is 9.32 Å². The van der Waals surface area contributed by atoms with Crippen LogP contribution in [-0.2, 0) is 6.54 Å². The van der Waals surface area contributed by atoms with Gasteiger partial charge in [-0.3, -0.25) is 0 Å². The van der Waals surface area contributed by atoms with Crippen LogP contribution in [0.4, 0.5) is 5.69 Å². The summed E-state index contributed by atoms with van der Waals surface area (Å²) in [6.07, 6.45) is 0. The van der Waals surface area contributed by atoms with Crippen LogP contribution in [0.15, 0.2) is 46.9 Å². The van der Waals surface area contributed by atoms with E-state index in [9.17, 15) is 0 Å². The monoisotopic (exact) mass is 318 g/mol. The lowest BCUT2D eigenvalue weighted by molar-refractivity contribution is 0.503. The van der Waals surface area contributed by atoms with E-state index >= 15 is 0 Å². The van der Waals surface area contributed by atoms with Crippen molar-refractivity contribution in [2.75, 3.05) is 11.9 Å². The molecule has 2 aromatic carbocycles. The van der Waals surface area contributed by atoms with Gasteiger partial charge in [0.15, 0.2) is 0 Å². The van der Waals surface area contributed by atoms with Crippen LogP contribution in [0.3, 0.4) is 0 Å². The van der Waals surface area contributed by atoms with Crippen LogP contribution in [0.5, 0.6) is 0 Å². The fourth-order valence-electron chi connectivity index (χ4n) is 2.64. The second-order valence-electron chi connectivity index (χ2n) is 5.84. The van der Waals surface area contributed by atoms with Crippen molar-refractivity contribution in [1.29, 1.82) is 5.26 Å². The van der Waals surface area contributed by atoms with Crippen LogP contribution in [0.25, 0.3) is 11.5 Å². The van der Waals surface area contributed by atoms with Crippen molar-refractivity contribution in [2.45, 2.75) is 20.4 Å². The van der Waals surface area contributed by atoms with E-state index in [1.54, 1.807) is 12.1 Å². The average molecular weight is 318 g/mol. The highest BCUT2D eigenvalue weighted by Crippen LogP contribution is 2.23. The molecule has 0 saturated heterocycles. The van der Waals surface area contributed by atoms with Crippen molar-refractivity contribution < 1.29 is 4.42 Å². The van der Waals surface area contributed by atoms with Gasteiger partial charge in [0.2, 0.25) is 11.8 Å². The molecule has 0 amide bonds. The summed E-state index contributed by atoms with van der Waals surface area (Å²) in [6, 6.07) is 15.5. The Bertz CT molecular complexity index is 890. The summed E-state index contributed by atoms with van der Waals surface area (Å²) in [7, 11) is 2.00. The number of aromatic nitrogens is 2. The number of rotatable bonds is 4. The zero-order valence-corrected chi connectivity index (χ0v) is 13.9. The normalized spacial score (nSPS) is 10.4. The Labute approximate surface area is 141 Å². The molecule has 24 heavy (non-hydrogen) atoms. The quantitative estimate of drug-likeness (QED) is 0.730. The van der Waals surface area contributed by atoms with Crippen molar-refractivity contribution >= 4 is 5.69 Å². The Hall–Kier alpha value is -3.13. The third-order valence-electron chi connectivity index (χ3n) is 3.86. The average Bonchev–Trinajstić information content (AvgIpc) is 3.03. The molecule has 0 spiro atoms. The molecule has 0 bridgehead atoms. The molecule has 0 N–H and O–H groups in total. The Morgan fingerprint density at radius 1 is 1.08 bits per heavy atom. The van der Waals surface area contributed by atoms with E-state index in [1.807, 2.05) is 19.2 Å². The van der Waals surface area contributed by atoms with Gasteiger partial charge >= 0.3 is 0 Å². The summed E-state index contributed by atoms with van der Waals surface area (Å²) in [6.45, 7) is 4.71. The number of hydrogen-bond donors (Lipinski definition) is 0. The molecule has 0 aliphatic rings. The van der Waals surface area contributed by atoms with Crippen molar-refractivity contribution in [1.82, 2.24) is 10.2 Å². The Balaban J connectivity index is 1.76. The molecule has 1 aromatic heterocycles. The topological polar surface area (TPSA) is 66.0 Å². The van der Waals surface area contributed by atoms with Gasteiger partial charge in [0.25, 0.3) is 0 Å². The molecule has 5 heteroatoms. The minimum Gasteiger partial charge on any atom is -0.419 e. The maximum Gasteiger partial charge on any atom is 0.247 e. The lowest BCUT2D eigenvalue weighted by Crippen LogP contribution is -2.17. The van der Waals surface area contributed by atoms with E-state index in [2.05, 4.69) is 53.2 Å². The highest BCUT2D eigenvalue weighted by atomic mass is 16.4. The van der Waals surface area contributed by atoms with Crippen molar-refractivity contribution in [3.63, 3.8) is 0 Å². The van der Waals surface area contributed by atoms with Crippen molar-refractivity contribution in [3.05, 3.63) is 65.0 Å². The standard InChI is InChI=1S/C19H18N4O/c1-13-4-9-17(14(2)10-13)23(3)12-18-21-22-19(24-18)16-7-5-15(11-20)6-8-16/h4-10H,12H2,1-3H3.